The normalized spacial score (nSPS) is 11.6. The molecule has 0 spiro atoms. The second-order valence-electron chi connectivity index (χ2n) is 2.46. The number of halogens is 5. The van der Waals surface area contributed by atoms with Crippen LogP contribution in [0.1, 0.15) is 5.69 Å². The molecule has 15 heavy (non-hydrogen) atoms. The first-order chi connectivity index (χ1) is 6.83. The fraction of sp³-hybridized carbons (Fsp3) is 0.286. The molecule has 0 amide bonds. The van der Waals surface area contributed by atoms with Crippen LogP contribution in [0.2, 0.25) is 10.0 Å². The van der Waals surface area contributed by atoms with E-state index in [2.05, 4.69) is 9.72 Å². The lowest BCUT2D eigenvalue weighted by molar-refractivity contribution is -0.276. The number of hydrogen-bond acceptors (Lipinski definition) is 3. The molecule has 0 aliphatic heterocycles. The summed E-state index contributed by atoms with van der Waals surface area (Å²) in [5.74, 6) is -0.756. The summed E-state index contributed by atoms with van der Waals surface area (Å²) in [4.78, 5) is 3.44. The Kier molecular flexibility index (Phi) is 3.64. The summed E-state index contributed by atoms with van der Waals surface area (Å²) in [5, 5.41) is -0.230. The monoisotopic (exact) mass is 260 g/mol. The van der Waals surface area contributed by atoms with E-state index in [1.54, 1.807) is 0 Å². The van der Waals surface area contributed by atoms with Crippen LogP contribution >= 0.6 is 23.2 Å². The first-order valence-corrected chi connectivity index (χ1v) is 4.40. The van der Waals surface area contributed by atoms with E-state index in [-0.39, 0.29) is 22.3 Å². The lowest BCUT2D eigenvalue weighted by atomic mass is 10.3. The summed E-state index contributed by atoms with van der Waals surface area (Å²) < 4.78 is 39.2. The van der Waals surface area contributed by atoms with Gasteiger partial charge in [0.15, 0.2) is 0 Å². The van der Waals surface area contributed by atoms with Crippen molar-refractivity contribution >= 4 is 23.2 Å². The molecular weight excluding hydrogens is 256 g/mol. The first-order valence-electron chi connectivity index (χ1n) is 3.64. The molecule has 3 nitrogen and oxygen atoms in total. The van der Waals surface area contributed by atoms with Crippen molar-refractivity contribution in [3.63, 3.8) is 0 Å². The maximum Gasteiger partial charge on any atom is 0.574 e. The molecule has 0 atom stereocenters. The number of hydrogen-bond donors (Lipinski definition) is 1. The average molecular weight is 261 g/mol. The van der Waals surface area contributed by atoms with Gasteiger partial charge in [-0.25, -0.2) is 4.98 Å². The molecule has 0 bridgehead atoms. The smallest absolute Gasteiger partial charge is 0.386 e. The Morgan fingerprint density at radius 3 is 2.40 bits per heavy atom. The highest BCUT2D eigenvalue weighted by molar-refractivity contribution is 6.35. The summed E-state index contributed by atoms with van der Waals surface area (Å²) >= 11 is 11.1. The second-order valence-corrected chi connectivity index (χ2v) is 3.27. The van der Waals surface area contributed by atoms with Crippen LogP contribution in [0.4, 0.5) is 13.2 Å². The Bertz CT molecular complexity index is 370. The maximum absolute atomic E-state index is 11.9. The molecule has 1 aromatic rings. The fourth-order valence-electron chi connectivity index (χ4n) is 0.810. The molecule has 0 aliphatic rings. The highest BCUT2D eigenvalue weighted by Gasteiger charge is 2.33. The molecule has 2 N–H and O–H groups in total. The molecule has 0 unspecified atom stereocenters. The number of pyridine rings is 1. The van der Waals surface area contributed by atoms with E-state index in [9.17, 15) is 13.2 Å². The second kappa shape index (κ2) is 4.42. The minimum atomic E-state index is -4.85. The van der Waals surface area contributed by atoms with Gasteiger partial charge in [-0.3, -0.25) is 0 Å². The van der Waals surface area contributed by atoms with Gasteiger partial charge in [0.05, 0.1) is 10.7 Å². The van der Waals surface area contributed by atoms with Crippen molar-refractivity contribution < 1.29 is 17.9 Å². The summed E-state index contributed by atoms with van der Waals surface area (Å²) in [6, 6.07) is 1.10. The SMILES string of the molecule is NCc1nc(OC(F)(F)F)c(Cl)cc1Cl. The lowest BCUT2D eigenvalue weighted by Gasteiger charge is -2.10. The topological polar surface area (TPSA) is 48.1 Å². The number of alkyl halides is 3. The largest absolute Gasteiger partial charge is 0.574 e. The third-order valence-corrected chi connectivity index (χ3v) is 1.97. The van der Waals surface area contributed by atoms with Crippen LogP contribution < -0.4 is 10.5 Å². The summed E-state index contributed by atoms with van der Waals surface area (Å²) in [5.41, 5.74) is 5.29. The molecular formula is C7H5Cl2F3N2O. The van der Waals surface area contributed by atoms with Gasteiger partial charge in [0.1, 0.15) is 5.02 Å². The molecule has 0 saturated heterocycles. The van der Waals surface area contributed by atoms with Crippen LogP contribution in [0, 0.1) is 0 Å². The molecule has 0 fully saturated rings. The van der Waals surface area contributed by atoms with Gasteiger partial charge in [-0.15, -0.1) is 13.2 Å². The Balaban J connectivity index is 3.08. The number of ether oxygens (including phenoxy) is 1. The Labute approximate surface area is 92.9 Å². The number of nitrogens with two attached hydrogens (primary N) is 1. The molecule has 84 valence electrons. The third kappa shape index (κ3) is 3.40. The van der Waals surface area contributed by atoms with Crippen LogP contribution in [-0.4, -0.2) is 11.3 Å². The summed E-state index contributed by atoms with van der Waals surface area (Å²) in [6.07, 6.45) is -4.85. The van der Waals surface area contributed by atoms with Crippen molar-refractivity contribution in [1.29, 1.82) is 0 Å². The van der Waals surface area contributed by atoms with Crippen LogP contribution in [0.3, 0.4) is 0 Å². The average Bonchev–Trinajstić information content (AvgIpc) is 2.07. The molecule has 0 radical (unpaired) electrons. The minimum Gasteiger partial charge on any atom is -0.386 e. The summed E-state index contributed by atoms with van der Waals surface area (Å²) in [7, 11) is 0. The van der Waals surface area contributed by atoms with Gasteiger partial charge in [-0.1, -0.05) is 23.2 Å². The van der Waals surface area contributed by atoms with Gasteiger partial charge in [0.2, 0.25) is 5.88 Å². The van der Waals surface area contributed by atoms with Gasteiger partial charge in [0, 0.05) is 6.54 Å². The molecule has 1 heterocycles. The van der Waals surface area contributed by atoms with Crippen molar-refractivity contribution in [3.05, 3.63) is 21.8 Å². The Hall–Kier alpha value is -0.720. The predicted molar refractivity (Wildman–Crippen MR) is 48.8 cm³/mol. The Morgan fingerprint density at radius 1 is 1.33 bits per heavy atom. The van der Waals surface area contributed by atoms with E-state index < -0.39 is 12.2 Å². The van der Waals surface area contributed by atoms with Crippen LogP contribution in [0.5, 0.6) is 5.88 Å². The van der Waals surface area contributed by atoms with Crippen molar-refractivity contribution in [2.24, 2.45) is 5.73 Å². The van der Waals surface area contributed by atoms with E-state index in [0.29, 0.717) is 0 Å². The van der Waals surface area contributed by atoms with Gasteiger partial charge >= 0.3 is 6.36 Å². The third-order valence-electron chi connectivity index (χ3n) is 1.38. The predicted octanol–water partition coefficient (Wildman–Crippen LogP) is 2.75. The van der Waals surface area contributed by atoms with Crippen molar-refractivity contribution in [3.8, 4) is 5.88 Å². The number of aromatic nitrogens is 1. The fourth-order valence-corrected chi connectivity index (χ4v) is 1.28. The van der Waals surface area contributed by atoms with Crippen molar-refractivity contribution in [2.45, 2.75) is 12.9 Å². The lowest BCUT2D eigenvalue weighted by Crippen LogP contribution is -2.19. The zero-order chi connectivity index (χ0) is 11.6. The molecule has 0 aliphatic carbocycles. The van der Waals surface area contributed by atoms with Gasteiger partial charge < -0.3 is 10.5 Å². The van der Waals surface area contributed by atoms with Crippen molar-refractivity contribution in [1.82, 2.24) is 4.98 Å². The van der Waals surface area contributed by atoms with Gasteiger partial charge in [-0.2, -0.15) is 0 Å². The van der Waals surface area contributed by atoms with Crippen LogP contribution in [-0.2, 0) is 6.54 Å². The highest BCUT2D eigenvalue weighted by atomic mass is 35.5. The highest BCUT2D eigenvalue weighted by Crippen LogP contribution is 2.31. The zero-order valence-corrected chi connectivity index (χ0v) is 8.62. The van der Waals surface area contributed by atoms with Crippen LogP contribution in [0.15, 0.2) is 6.07 Å². The first kappa shape index (κ1) is 12.4. The van der Waals surface area contributed by atoms with Gasteiger partial charge in [-0.05, 0) is 6.07 Å². The molecule has 1 rings (SSSR count). The minimum absolute atomic E-state index is 0.0836. The molecule has 0 aromatic carbocycles. The molecule has 0 saturated carbocycles. The number of rotatable bonds is 2. The van der Waals surface area contributed by atoms with E-state index in [0.717, 1.165) is 6.07 Å². The summed E-state index contributed by atoms with van der Waals surface area (Å²) in [6.45, 7) is -0.107. The standard InChI is InChI=1S/C7H5Cl2F3N2O/c8-3-1-4(9)6(14-5(3)2-13)15-7(10,11)12/h1H,2,13H2. The van der Waals surface area contributed by atoms with E-state index in [1.165, 1.54) is 0 Å². The van der Waals surface area contributed by atoms with Gasteiger partial charge in [0.25, 0.3) is 0 Å². The molecule has 1 aromatic heterocycles. The van der Waals surface area contributed by atoms with E-state index in [1.807, 2.05) is 0 Å². The zero-order valence-electron chi connectivity index (χ0n) is 7.11. The van der Waals surface area contributed by atoms with E-state index in [4.69, 9.17) is 28.9 Å². The van der Waals surface area contributed by atoms with Crippen LogP contribution in [0.25, 0.3) is 0 Å². The van der Waals surface area contributed by atoms with Crippen molar-refractivity contribution in [2.75, 3.05) is 0 Å². The molecule has 8 heteroatoms. The maximum atomic E-state index is 11.9. The number of nitrogens with zero attached hydrogens (tertiary/aromatic N) is 1. The quantitative estimate of drug-likeness (QED) is 0.890. The Morgan fingerprint density at radius 2 is 1.93 bits per heavy atom. The van der Waals surface area contributed by atoms with E-state index >= 15 is 0 Å².